The Morgan fingerprint density at radius 1 is 0.933 bits per heavy atom. The van der Waals surface area contributed by atoms with Crippen molar-refractivity contribution in [3.63, 3.8) is 0 Å². The summed E-state index contributed by atoms with van der Waals surface area (Å²) in [5.74, 6) is 0.206. The molecule has 4 rings (SSSR count). The average Bonchev–Trinajstić information content (AvgIpc) is 2.97. The van der Waals surface area contributed by atoms with Gasteiger partial charge < -0.3 is 14.6 Å². The van der Waals surface area contributed by atoms with Crippen LogP contribution in [0, 0.1) is 0 Å². The zero-order valence-electron chi connectivity index (χ0n) is 27.0. The monoisotopic (exact) mass is 672 g/mol. The van der Waals surface area contributed by atoms with Crippen LogP contribution in [-0.2, 0) is 22.0 Å². The molecule has 236 valence electrons. The molecule has 8 heteroatoms. The number of hydrogen-bond donors (Lipinski definition) is 2. The Bertz CT molecular complexity index is 1710. The number of aromatic hydroxyl groups is 1. The molecule has 0 unspecified atom stereocenters. The summed E-state index contributed by atoms with van der Waals surface area (Å²) < 4.78 is 12.1. The molecule has 0 atom stereocenters. The van der Waals surface area contributed by atoms with E-state index >= 15 is 0 Å². The van der Waals surface area contributed by atoms with E-state index in [2.05, 4.69) is 68.0 Å². The Hall–Kier alpha value is -4.17. The highest BCUT2D eigenvalue weighted by atomic mass is 79.9. The lowest BCUT2D eigenvalue weighted by Crippen LogP contribution is -2.20. The fourth-order valence-corrected chi connectivity index (χ4v) is 5.59. The molecule has 0 aromatic heterocycles. The molecule has 0 spiro atoms. The normalized spacial score (nSPS) is 12.0. The van der Waals surface area contributed by atoms with Gasteiger partial charge in [-0.15, -0.1) is 0 Å². The molecule has 0 aliphatic heterocycles. The Balaban J connectivity index is 1.46. The fraction of sp³-hybridized carbons (Fsp3) is 0.324. The molecule has 7 nitrogen and oxygen atoms in total. The number of nitrogens with one attached hydrogen (secondary N) is 1. The van der Waals surface area contributed by atoms with E-state index in [0.29, 0.717) is 40.1 Å². The summed E-state index contributed by atoms with van der Waals surface area (Å²) in [4.78, 5) is 25.9. The van der Waals surface area contributed by atoms with Crippen molar-refractivity contribution >= 4 is 44.8 Å². The van der Waals surface area contributed by atoms with Gasteiger partial charge in [0.25, 0.3) is 0 Å². The van der Waals surface area contributed by atoms with E-state index in [-0.39, 0.29) is 28.9 Å². The number of nitrogens with zero attached hydrogens (tertiary/aromatic N) is 1. The first-order chi connectivity index (χ1) is 21.2. The van der Waals surface area contributed by atoms with Gasteiger partial charge in [0.1, 0.15) is 5.75 Å². The summed E-state index contributed by atoms with van der Waals surface area (Å²) in [7, 11) is 0. The average molecular weight is 674 g/mol. The number of phenols is 1. The highest BCUT2D eigenvalue weighted by molar-refractivity contribution is 9.10. The van der Waals surface area contributed by atoms with E-state index in [1.165, 1.54) is 6.21 Å². The molecule has 0 saturated heterocycles. The van der Waals surface area contributed by atoms with Gasteiger partial charge in [-0.25, -0.2) is 10.2 Å². The fourth-order valence-electron chi connectivity index (χ4n) is 5.05. The maximum atomic E-state index is 13.2. The number of phenolic OH excluding ortho intramolecular Hbond substituents is 1. The molecule has 2 N–H and O–H groups in total. The summed E-state index contributed by atoms with van der Waals surface area (Å²) in [6.45, 7) is 14.6. The second kappa shape index (κ2) is 13.9. The number of amides is 1. The van der Waals surface area contributed by atoms with Gasteiger partial charge >= 0.3 is 5.97 Å². The number of rotatable bonds is 9. The van der Waals surface area contributed by atoms with E-state index in [0.717, 1.165) is 27.5 Å². The van der Waals surface area contributed by atoms with Crippen LogP contribution in [0.25, 0.3) is 10.8 Å². The van der Waals surface area contributed by atoms with Crippen LogP contribution in [0.15, 0.2) is 76.3 Å². The third-order valence-electron chi connectivity index (χ3n) is 7.37. The first kappa shape index (κ1) is 33.7. The van der Waals surface area contributed by atoms with E-state index in [1.54, 1.807) is 18.2 Å². The number of hydrazone groups is 1. The third kappa shape index (κ3) is 8.31. The van der Waals surface area contributed by atoms with Crippen LogP contribution >= 0.6 is 15.9 Å². The van der Waals surface area contributed by atoms with Crippen molar-refractivity contribution in [1.82, 2.24) is 5.43 Å². The summed E-state index contributed by atoms with van der Waals surface area (Å²) >= 11 is 3.51. The minimum atomic E-state index is -0.500. The Labute approximate surface area is 273 Å². The quantitative estimate of drug-likeness (QED) is 0.0803. The van der Waals surface area contributed by atoms with Crippen molar-refractivity contribution in [2.45, 2.75) is 72.1 Å². The van der Waals surface area contributed by atoms with Gasteiger partial charge in [0.15, 0.2) is 11.5 Å². The molecule has 0 saturated carbocycles. The number of carbonyl (C=O) groups is 2. The number of esters is 1. The van der Waals surface area contributed by atoms with Crippen molar-refractivity contribution in [2.24, 2.45) is 5.10 Å². The molecule has 45 heavy (non-hydrogen) atoms. The number of aryl methyl sites for hydroxylation is 1. The van der Waals surface area contributed by atoms with E-state index < -0.39 is 5.97 Å². The molecule has 0 aliphatic rings. The van der Waals surface area contributed by atoms with Gasteiger partial charge in [0.05, 0.1) is 22.9 Å². The molecule has 0 aliphatic carbocycles. The van der Waals surface area contributed by atoms with Gasteiger partial charge in [-0.05, 0) is 91.3 Å². The molecular weight excluding hydrogens is 632 g/mol. The van der Waals surface area contributed by atoms with Gasteiger partial charge in [-0.1, -0.05) is 90.1 Å². The van der Waals surface area contributed by atoms with E-state index in [1.807, 2.05) is 55.5 Å². The number of ether oxygens (including phenoxy) is 2. The molecule has 0 radical (unpaired) electrons. The molecule has 0 bridgehead atoms. The standard InChI is InChI=1S/C37H41BrN2O5/c1-8-44-31-21-24(20-30(38)34(31)45-35(43)27-15-11-13-25-12-9-10-14-26(25)27)22-39-40-32(41)17-16-23-18-28(36(2,3)4)33(42)29(19-23)37(5,6)7/h9-15,18-22,42H,8,16-17H2,1-7H3,(H,40,41)/b39-22-. The molecule has 0 fully saturated rings. The lowest BCUT2D eigenvalue weighted by molar-refractivity contribution is -0.121. The Morgan fingerprint density at radius 3 is 2.22 bits per heavy atom. The third-order valence-corrected chi connectivity index (χ3v) is 7.95. The molecule has 1 amide bonds. The number of fused-ring (bicyclic) bond motifs is 1. The number of hydrogen-bond acceptors (Lipinski definition) is 6. The van der Waals surface area contributed by atoms with Crippen LogP contribution in [0.5, 0.6) is 17.2 Å². The first-order valence-corrected chi connectivity index (χ1v) is 15.8. The lowest BCUT2D eigenvalue weighted by atomic mass is 9.78. The lowest BCUT2D eigenvalue weighted by Gasteiger charge is -2.28. The first-order valence-electron chi connectivity index (χ1n) is 15.0. The largest absolute Gasteiger partial charge is 0.507 e. The SMILES string of the molecule is CCOc1cc(/C=N\NC(=O)CCc2cc(C(C)(C)C)c(O)c(C(C)(C)C)c2)cc(Br)c1OC(=O)c1cccc2ccccc12. The summed E-state index contributed by atoms with van der Waals surface area (Å²) in [5.41, 5.74) is 5.92. The van der Waals surface area contributed by atoms with Crippen molar-refractivity contribution in [3.8, 4) is 17.2 Å². The second-order valence-electron chi connectivity index (χ2n) is 13.0. The van der Waals surface area contributed by atoms with Crippen molar-refractivity contribution in [2.75, 3.05) is 6.61 Å². The smallest absolute Gasteiger partial charge is 0.344 e. The molecule has 0 heterocycles. The van der Waals surface area contributed by atoms with Crippen LogP contribution in [0.4, 0.5) is 0 Å². The summed E-state index contributed by atoms with van der Waals surface area (Å²) in [6.07, 6.45) is 2.24. The Morgan fingerprint density at radius 2 is 1.58 bits per heavy atom. The predicted octanol–water partition coefficient (Wildman–Crippen LogP) is 8.60. The Kier molecular flexibility index (Phi) is 10.4. The van der Waals surface area contributed by atoms with Gasteiger partial charge in [0, 0.05) is 6.42 Å². The van der Waals surface area contributed by atoms with Crippen LogP contribution in [0.1, 0.15) is 87.5 Å². The minimum absolute atomic E-state index is 0.228. The molecule has 4 aromatic carbocycles. The zero-order valence-corrected chi connectivity index (χ0v) is 28.5. The predicted molar refractivity (Wildman–Crippen MR) is 184 cm³/mol. The molecule has 4 aromatic rings. The van der Waals surface area contributed by atoms with Gasteiger partial charge in [-0.3, -0.25) is 4.79 Å². The van der Waals surface area contributed by atoms with Crippen LogP contribution < -0.4 is 14.9 Å². The molecular formula is C37H41BrN2O5. The highest BCUT2D eigenvalue weighted by Crippen LogP contribution is 2.40. The minimum Gasteiger partial charge on any atom is -0.507 e. The second-order valence-corrected chi connectivity index (χ2v) is 13.9. The van der Waals surface area contributed by atoms with Crippen LogP contribution in [-0.4, -0.2) is 29.8 Å². The number of carbonyl (C=O) groups excluding carboxylic acids is 2. The topological polar surface area (TPSA) is 97.2 Å². The van der Waals surface area contributed by atoms with Crippen molar-refractivity contribution in [3.05, 3.63) is 99.0 Å². The number of benzene rings is 4. The maximum absolute atomic E-state index is 13.2. The van der Waals surface area contributed by atoms with Crippen LogP contribution in [0.3, 0.4) is 0 Å². The van der Waals surface area contributed by atoms with Crippen LogP contribution in [0.2, 0.25) is 0 Å². The summed E-state index contributed by atoms with van der Waals surface area (Å²) in [6, 6.07) is 20.5. The van der Waals surface area contributed by atoms with Crippen molar-refractivity contribution in [1.29, 1.82) is 0 Å². The summed E-state index contributed by atoms with van der Waals surface area (Å²) in [5, 5.41) is 16.9. The number of halogens is 1. The van der Waals surface area contributed by atoms with E-state index in [9.17, 15) is 14.7 Å². The van der Waals surface area contributed by atoms with Gasteiger partial charge in [0.2, 0.25) is 5.91 Å². The maximum Gasteiger partial charge on any atom is 0.344 e. The van der Waals surface area contributed by atoms with Crippen molar-refractivity contribution < 1.29 is 24.2 Å². The van der Waals surface area contributed by atoms with E-state index in [4.69, 9.17) is 9.47 Å². The highest BCUT2D eigenvalue weighted by Gasteiger charge is 2.26. The zero-order chi connectivity index (χ0) is 32.9. The van der Waals surface area contributed by atoms with Gasteiger partial charge in [-0.2, -0.15) is 5.10 Å².